The van der Waals surface area contributed by atoms with Crippen molar-refractivity contribution in [3.63, 3.8) is 0 Å². The molecule has 0 aliphatic heterocycles. The van der Waals surface area contributed by atoms with Gasteiger partial charge in [0.05, 0.1) is 0 Å². The van der Waals surface area contributed by atoms with Crippen molar-refractivity contribution in [3.05, 3.63) is 64.7 Å². The van der Waals surface area contributed by atoms with Crippen LogP contribution in [0.15, 0.2) is 54.1 Å². The summed E-state index contributed by atoms with van der Waals surface area (Å²) in [5.74, 6) is -0.109. The molecule has 3 rings (SSSR count). The normalized spacial score (nSPS) is 14.4. The number of amides is 2. The van der Waals surface area contributed by atoms with Gasteiger partial charge in [-0.3, -0.25) is 9.59 Å². The number of nitrogens with one attached hydrogen (secondary N) is 2. The van der Waals surface area contributed by atoms with E-state index in [0.29, 0.717) is 22.0 Å². The number of benzene rings is 2. The molecule has 0 radical (unpaired) electrons. The van der Waals surface area contributed by atoms with Gasteiger partial charge < -0.3 is 15.4 Å². The van der Waals surface area contributed by atoms with Crippen molar-refractivity contribution in [2.45, 2.75) is 38.1 Å². The van der Waals surface area contributed by atoms with Crippen molar-refractivity contribution in [2.75, 3.05) is 11.9 Å². The fraction of sp³-hybridized carbons (Fsp3) is 0.292. The Bertz CT molecular complexity index is 990. The van der Waals surface area contributed by atoms with Crippen molar-refractivity contribution >= 4 is 35.2 Å². The summed E-state index contributed by atoms with van der Waals surface area (Å²) in [6.45, 7) is -0.0445. The van der Waals surface area contributed by atoms with E-state index >= 15 is 0 Å². The third-order valence-electron chi connectivity index (χ3n) is 4.98. The van der Waals surface area contributed by atoms with E-state index in [1.807, 2.05) is 6.07 Å². The van der Waals surface area contributed by atoms with Crippen LogP contribution in [0.25, 0.3) is 6.08 Å². The third kappa shape index (κ3) is 7.16. The van der Waals surface area contributed by atoms with Crippen LogP contribution in [0.3, 0.4) is 0 Å². The van der Waals surface area contributed by atoms with Crippen LogP contribution in [0.2, 0.25) is 5.02 Å². The second kappa shape index (κ2) is 11.2. The molecule has 1 fully saturated rings. The highest BCUT2D eigenvalue weighted by Crippen LogP contribution is 2.19. The SMILES string of the molecule is N#C/C(=C\c1ccc(OCC(=O)NC2CCCCC2)cc1)C(=O)Nc1cccc(Cl)c1. The minimum atomic E-state index is -0.524. The van der Waals surface area contributed by atoms with Gasteiger partial charge in [0.25, 0.3) is 11.8 Å². The number of halogens is 1. The molecule has 160 valence electrons. The zero-order valence-corrected chi connectivity index (χ0v) is 17.8. The number of ether oxygens (including phenoxy) is 1. The van der Waals surface area contributed by atoms with Crippen molar-refractivity contribution in [1.29, 1.82) is 5.26 Å². The zero-order chi connectivity index (χ0) is 22.1. The quantitative estimate of drug-likeness (QED) is 0.484. The van der Waals surface area contributed by atoms with Gasteiger partial charge in [-0.15, -0.1) is 0 Å². The Morgan fingerprint density at radius 1 is 1.13 bits per heavy atom. The Labute approximate surface area is 186 Å². The van der Waals surface area contributed by atoms with Crippen molar-refractivity contribution < 1.29 is 14.3 Å². The molecular weight excluding hydrogens is 414 g/mol. The number of nitriles is 1. The summed E-state index contributed by atoms with van der Waals surface area (Å²) in [4.78, 5) is 24.4. The largest absolute Gasteiger partial charge is 0.484 e. The van der Waals surface area contributed by atoms with Gasteiger partial charge in [0.2, 0.25) is 0 Å². The highest BCUT2D eigenvalue weighted by Gasteiger charge is 2.16. The van der Waals surface area contributed by atoms with E-state index in [1.54, 1.807) is 48.5 Å². The summed E-state index contributed by atoms with van der Waals surface area (Å²) in [5, 5.41) is 15.5. The predicted octanol–water partition coefficient (Wildman–Crippen LogP) is 4.71. The first-order valence-electron chi connectivity index (χ1n) is 10.2. The summed E-state index contributed by atoms with van der Waals surface area (Å²) >= 11 is 5.91. The molecule has 2 aromatic rings. The van der Waals surface area contributed by atoms with Gasteiger partial charge >= 0.3 is 0 Å². The van der Waals surface area contributed by atoms with Gasteiger partial charge in [0.15, 0.2) is 6.61 Å². The van der Waals surface area contributed by atoms with Gasteiger partial charge in [-0.05, 0) is 54.8 Å². The van der Waals surface area contributed by atoms with Crippen LogP contribution in [-0.4, -0.2) is 24.5 Å². The lowest BCUT2D eigenvalue weighted by molar-refractivity contribution is -0.124. The molecule has 0 bridgehead atoms. The lowest BCUT2D eigenvalue weighted by atomic mass is 9.95. The van der Waals surface area contributed by atoms with Crippen LogP contribution in [0.5, 0.6) is 5.75 Å². The van der Waals surface area contributed by atoms with Gasteiger partial charge in [-0.1, -0.05) is 49.1 Å². The molecule has 6 nitrogen and oxygen atoms in total. The Morgan fingerprint density at radius 3 is 2.55 bits per heavy atom. The number of hydrogen-bond donors (Lipinski definition) is 2. The summed E-state index contributed by atoms with van der Waals surface area (Å²) in [7, 11) is 0. The minimum absolute atomic E-state index is 0.0412. The van der Waals surface area contributed by atoms with Crippen molar-refractivity contribution in [1.82, 2.24) is 5.32 Å². The second-order valence-corrected chi connectivity index (χ2v) is 7.83. The molecule has 2 aromatic carbocycles. The Hall–Kier alpha value is -3.30. The molecule has 2 N–H and O–H groups in total. The second-order valence-electron chi connectivity index (χ2n) is 7.39. The molecule has 1 aliphatic rings. The highest BCUT2D eigenvalue weighted by molar-refractivity contribution is 6.31. The maximum atomic E-state index is 12.4. The average Bonchev–Trinajstić information content (AvgIpc) is 2.77. The van der Waals surface area contributed by atoms with Crippen molar-refractivity contribution in [3.8, 4) is 11.8 Å². The van der Waals surface area contributed by atoms with Crippen LogP contribution in [0.4, 0.5) is 5.69 Å². The smallest absolute Gasteiger partial charge is 0.266 e. The molecule has 31 heavy (non-hydrogen) atoms. The molecule has 0 aromatic heterocycles. The van der Waals surface area contributed by atoms with Crippen LogP contribution >= 0.6 is 11.6 Å². The number of nitrogens with zero attached hydrogens (tertiary/aromatic N) is 1. The Balaban J connectivity index is 1.54. The van der Waals surface area contributed by atoms with E-state index in [-0.39, 0.29) is 24.1 Å². The first-order valence-corrected chi connectivity index (χ1v) is 10.6. The Kier molecular flexibility index (Phi) is 8.08. The van der Waals surface area contributed by atoms with Crippen LogP contribution in [-0.2, 0) is 9.59 Å². The van der Waals surface area contributed by atoms with Gasteiger partial charge in [0.1, 0.15) is 17.4 Å². The monoisotopic (exact) mass is 437 g/mol. The van der Waals surface area contributed by atoms with E-state index in [9.17, 15) is 14.9 Å². The molecule has 0 spiro atoms. The number of carbonyl (C=O) groups is 2. The molecule has 1 aliphatic carbocycles. The molecule has 0 saturated heterocycles. The van der Waals surface area contributed by atoms with Crippen LogP contribution in [0.1, 0.15) is 37.7 Å². The van der Waals surface area contributed by atoms with E-state index in [0.717, 1.165) is 25.7 Å². The lowest BCUT2D eigenvalue weighted by Gasteiger charge is -2.22. The zero-order valence-electron chi connectivity index (χ0n) is 17.1. The van der Waals surface area contributed by atoms with Gasteiger partial charge in [-0.2, -0.15) is 5.26 Å². The number of carbonyl (C=O) groups excluding carboxylic acids is 2. The van der Waals surface area contributed by atoms with Gasteiger partial charge in [-0.25, -0.2) is 0 Å². The maximum Gasteiger partial charge on any atom is 0.266 e. The number of hydrogen-bond acceptors (Lipinski definition) is 4. The molecule has 0 heterocycles. The van der Waals surface area contributed by atoms with Gasteiger partial charge in [0, 0.05) is 16.8 Å². The topological polar surface area (TPSA) is 91.2 Å². The standard InChI is InChI=1S/C24H24ClN3O3/c25-19-5-4-8-21(14-19)28-24(30)18(15-26)13-17-9-11-22(12-10-17)31-16-23(29)27-20-6-2-1-3-7-20/h4-5,8-14,20H,1-3,6-7,16H2,(H,27,29)(H,28,30)/b18-13+. The fourth-order valence-electron chi connectivity index (χ4n) is 3.41. The van der Waals surface area contributed by atoms with Crippen LogP contribution < -0.4 is 15.4 Å². The summed E-state index contributed by atoms with van der Waals surface area (Å²) in [5.41, 5.74) is 1.13. The molecule has 2 amide bonds. The summed E-state index contributed by atoms with van der Waals surface area (Å²) in [6.07, 6.45) is 7.09. The molecular formula is C24H24ClN3O3. The maximum absolute atomic E-state index is 12.4. The van der Waals surface area contributed by atoms with E-state index < -0.39 is 5.91 Å². The first kappa shape index (κ1) is 22.4. The average molecular weight is 438 g/mol. The van der Waals surface area contributed by atoms with Crippen LogP contribution in [0, 0.1) is 11.3 Å². The summed E-state index contributed by atoms with van der Waals surface area (Å²) in [6, 6.07) is 15.7. The van der Waals surface area contributed by atoms with Crippen molar-refractivity contribution in [2.24, 2.45) is 0 Å². The lowest BCUT2D eigenvalue weighted by Crippen LogP contribution is -2.38. The number of rotatable bonds is 7. The van der Waals surface area contributed by atoms with E-state index in [2.05, 4.69) is 10.6 Å². The minimum Gasteiger partial charge on any atom is -0.484 e. The fourth-order valence-corrected chi connectivity index (χ4v) is 3.60. The highest BCUT2D eigenvalue weighted by atomic mass is 35.5. The van der Waals surface area contributed by atoms with E-state index in [4.69, 9.17) is 16.3 Å². The third-order valence-corrected chi connectivity index (χ3v) is 5.21. The molecule has 0 unspecified atom stereocenters. The Morgan fingerprint density at radius 2 is 1.87 bits per heavy atom. The molecule has 0 atom stereocenters. The first-order chi connectivity index (χ1) is 15.0. The molecule has 7 heteroatoms. The molecule has 1 saturated carbocycles. The predicted molar refractivity (Wildman–Crippen MR) is 121 cm³/mol. The summed E-state index contributed by atoms with van der Waals surface area (Å²) < 4.78 is 5.54. The number of anilines is 1. The van der Waals surface area contributed by atoms with E-state index in [1.165, 1.54) is 12.5 Å².